The summed E-state index contributed by atoms with van der Waals surface area (Å²) in [7, 11) is 0. The summed E-state index contributed by atoms with van der Waals surface area (Å²) in [4.78, 5) is 19.5. The van der Waals surface area contributed by atoms with Gasteiger partial charge in [-0.15, -0.1) is 0 Å². The van der Waals surface area contributed by atoms with Crippen LogP contribution in [0.25, 0.3) is 17.0 Å². The smallest absolute Gasteiger partial charge is 0.326 e. The fourth-order valence-corrected chi connectivity index (χ4v) is 4.18. The van der Waals surface area contributed by atoms with E-state index in [1.807, 2.05) is 68.4 Å². The third-order valence-electron chi connectivity index (χ3n) is 5.64. The van der Waals surface area contributed by atoms with E-state index in [2.05, 4.69) is 10.5 Å². The topological polar surface area (TPSA) is 71.3 Å². The molecule has 0 fully saturated rings. The summed E-state index contributed by atoms with van der Waals surface area (Å²) in [5, 5.41) is 7.92. The molecule has 1 aliphatic heterocycles. The van der Waals surface area contributed by atoms with Crippen molar-refractivity contribution in [3.05, 3.63) is 107 Å². The van der Waals surface area contributed by atoms with E-state index in [0.29, 0.717) is 28.1 Å². The van der Waals surface area contributed by atoms with Gasteiger partial charge in [0.05, 0.1) is 17.3 Å². The van der Waals surface area contributed by atoms with Crippen molar-refractivity contribution in [2.45, 2.75) is 19.9 Å². The maximum absolute atomic E-state index is 13.2. The quantitative estimate of drug-likeness (QED) is 0.385. The lowest BCUT2D eigenvalue weighted by molar-refractivity contribution is 0.244. The van der Waals surface area contributed by atoms with Crippen LogP contribution in [0.4, 0.5) is 10.5 Å². The molecule has 1 atom stereocenters. The SMILES string of the molecule is CC1=C(c2nc(-c3cccc(C)c3)no2)C(c2ccccc2)NC(=O)N1c1ccc(Cl)cc1. The molecule has 2 amide bonds. The maximum Gasteiger partial charge on any atom is 0.326 e. The van der Waals surface area contributed by atoms with Crippen LogP contribution >= 0.6 is 11.6 Å². The Morgan fingerprint density at radius 1 is 0.970 bits per heavy atom. The first kappa shape index (κ1) is 21.0. The van der Waals surface area contributed by atoms with Crippen molar-refractivity contribution in [3.8, 4) is 11.4 Å². The predicted molar refractivity (Wildman–Crippen MR) is 129 cm³/mol. The van der Waals surface area contributed by atoms with E-state index in [9.17, 15) is 4.79 Å². The Morgan fingerprint density at radius 3 is 2.45 bits per heavy atom. The molecule has 0 aliphatic carbocycles. The van der Waals surface area contributed by atoms with E-state index in [1.54, 1.807) is 29.2 Å². The van der Waals surface area contributed by atoms with E-state index in [0.717, 1.165) is 22.3 Å². The van der Waals surface area contributed by atoms with Gasteiger partial charge in [-0.2, -0.15) is 4.98 Å². The van der Waals surface area contributed by atoms with Crippen LogP contribution in [-0.4, -0.2) is 16.2 Å². The minimum Gasteiger partial charge on any atom is -0.334 e. The second-order valence-corrected chi connectivity index (χ2v) is 8.33. The van der Waals surface area contributed by atoms with Gasteiger partial charge in [0.1, 0.15) is 0 Å². The number of anilines is 1. The fourth-order valence-electron chi connectivity index (χ4n) is 4.05. The van der Waals surface area contributed by atoms with Gasteiger partial charge in [-0.1, -0.05) is 70.9 Å². The molecule has 164 valence electrons. The molecule has 0 bridgehead atoms. The normalized spacial score (nSPS) is 16.2. The van der Waals surface area contributed by atoms with Crippen LogP contribution in [0.2, 0.25) is 5.02 Å². The number of nitrogens with one attached hydrogen (secondary N) is 1. The summed E-state index contributed by atoms with van der Waals surface area (Å²) < 4.78 is 5.74. The van der Waals surface area contributed by atoms with E-state index >= 15 is 0 Å². The van der Waals surface area contributed by atoms with Gasteiger partial charge in [0, 0.05) is 16.3 Å². The van der Waals surface area contributed by atoms with Gasteiger partial charge in [-0.05, 0) is 49.7 Å². The number of hydrogen-bond acceptors (Lipinski definition) is 4. The average Bonchev–Trinajstić information content (AvgIpc) is 3.30. The minimum absolute atomic E-state index is 0.245. The van der Waals surface area contributed by atoms with Crippen molar-refractivity contribution in [1.82, 2.24) is 15.5 Å². The number of allylic oxidation sites excluding steroid dienone is 1. The van der Waals surface area contributed by atoms with Crippen molar-refractivity contribution in [2.24, 2.45) is 0 Å². The zero-order valence-electron chi connectivity index (χ0n) is 18.1. The van der Waals surface area contributed by atoms with Gasteiger partial charge in [-0.3, -0.25) is 4.90 Å². The second-order valence-electron chi connectivity index (χ2n) is 7.90. The highest BCUT2D eigenvalue weighted by Gasteiger charge is 2.36. The Morgan fingerprint density at radius 2 is 1.73 bits per heavy atom. The van der Waals surface area contributed by atoms with Gasteiger partial charge in [-0.25, -0.2) is 4.79 Å². The van der Waals surface area contributed by atoms with Crippen LogP contribution in [0.1, 0.15) is 30.0 Å². The van der Waals surface area contributed by atoms with E-state index < -0.39 is 6.04 Å². The summed E-state index contributed by atoms with van der Waals surface area (Å²) in [5.41, 5.74) is 5.03. The Labute approximate surface area is 196 Å². The van der Waals surface area contributed by atoms with Crippen LogP contribution in [-0.2, 0) is 0 Å². The Kier molecular flexibility index (Phi) is 5.44. The number of carbonyl (C=O) groups excluding carboxylic acids is 1. The number of aryl methyl sites for hydroxylation is 1. The molecule has 2 heterocycles. The molecule has 1 aromatic heterocycles. The lowest BCUT2D eigenvalue weighted by Crippen LogP contribution is -2.46. The highest BCUT2D eigenvalue weighted by molar-refractivity contribution is 6.30. The average molecular weight is 457 g/mol. The molecule has 1 N–H and O–H groups in total. The standard InChI is InChI=1S/C26H21ClN4O2/c1-16-7-6-10-19(15-16)24-29-25(33-30-24)22-17(2)31(21-13-11-20(27)12-14-21)26(32)28-23(22)18-8-4-3-5-9-18/h3-15,23H,1-2H3,(H,28,32). The third-order valence-corrected chi connectivity index (χ3v) is 5.89. The van der Waals surface area contributed by atoms with Crippen LogP contribution in [0, 0.1) is 6.92 Å². The van der Waals surface area contributed by atoms with Gasteiger partial charge in [0.15, 0.2) is 0 Å². The zero-order valence-corrected chi connectivity index (χ0v) is 18.9. The molecule has 33 heavy (non-hydrogen) atoms. The number of amides is 2. The summed E-state index contributed by atoms with van der Waals surface area (Å²) in [6.07, 6.45) is 0. The molecule has 0 spiro atoms. The maximum atomic E-state index is 13.2. The molecule has 1 aliphatic rings. The van der Waals surface area contributed by atoms with Crippen molar-refractivity contribution in [1.29, 1.82) is 0 Å². The Bertz CT molecular complexity index is 1350. The van der Waals surface area contributed by atoms with E-state index in [4.69, 9.17) is 21.1 Å². The van der Waals surface area contributed by atoms with Crippen LogP contribution in [0.5, 0.6) is 0 Å². The molecule has 4 aromatic rings. The van der Waals surface area contributed by atoms with Crippen LogP contribution < -0.4 is 10.2 Å². The first-order chi connectivity index (χ1) is 16.0. The second kappa shape index (κ2) is 8.56. The summed E-state index contributed by atoms with van der Waals surface area (Å²) in [5.74, 6) is 0.854. The summed E-state index contributed by atoms with van der Waals surface area (Å²) in [6, 6.07) is 24.1. The van der Waals surface area contributed by atoms with Gasteiger partial charge in [0.25, 0.3) is 5.89 Å². The van der Waals surface area contributed by atoms with Crippen molar-refractivity contribution >= 4 is 28.9 Å². The fraction of sp³-hybridized carbons (Fsp3) is 0.115. The minimum atomic E-state index is -0.437. The first-order valence-electron chi connectivity index (χ1n) is 10.5. The van der Waals surface area contributed by atoms with Crippen molar-refractivity contribution in [3.63, 3.8) is 0 Å². The summed E-state index contributed by atoms with van der Waals surface area (Å²) >= 11 is 6.06. The van der Waals surface area contributed by atoms with Crippen LogP contribution in [0.3, 0.4) is 0 Å². The van der Waals surface area contributed by atoms with Crippen molar-refractivity contribution < 1.29 is 9.32 Å². The monoisotopic (exact) mass is 456 g/mol. The number of hydrogen-bond donors (Lipinski definition) is 1. The Hall–Kier alpha value is -3.90. The van der Waals surface area contributed by atoms with E-state index in [1.165, 1.54) is 0 Å². The molecule has 3 aromatic carbocycles. The lowest BCUT2D eigenvalue weighted by atomic mass is 9.94. The van der Waals surface area contributed by atoms with E-state index in [-0.39, 0.29) is 6.03 Å². The number of urea groups is 1. The van der Waals surface area contributed by atoms with Crippen LogP contribution in [0.15, 0.2) is 89.1 Å². The first-order valence-corrected chi connectivity index (χ1v) is 10.9. The molecule has 5 rings (SSSR count). The number of benzene rings is 3. The Balaban J connectivity index is 1.65. The highest BCUT2D eigenvalue weighted by atomic mass is 35.5. The number of rotatable bonds is 4. The molecular weight excluding hydrogens is 436 g/mol. The molecule has 0 saturated carbocycles. The number of nitrogens with zero attached hydrogens (tertiary/aromatic N) is 3. The largest absolute Gasteiger partial charge is 0.334 e. The van der Waals surface area contributed by atoms with Gasteiger partial charge >= 0.3 is 6.03 Å². The van der Waals surface area contributed by atoms with Gasteiger partial charge < -0.3 is 9.84 Å². The molecule has 6 nitrogen and oxygen atoms in total. The zero-order chi connectivity index (χ0) is 22.9. The number of carbonyl (C=O) groups is 1. The summed E-state index contributed by atoms with van der Waals surface area (Å²) in [6.45, 7) is 3.90. The molecule has 0 saturated heterocycles. The number of aromatic nitrogens is 2. The molecular formula is C26H21ClN4O2. The van der Waals surface area contributed by atoms with Gasteiger partial charge in [0.2, 0.25) is 5.82 Å². The molecule has 1 unspecified atom stereocenters. The van der Waals surface area contributed by atoms with Crippen molar-refractivity contribution in [2.75, 3.05) is 4.90 Å². The highest BCUT2D eigenvalue weighted by Crippen LogP contribution is 2.39. The lowest BCUT2D eigenvalue weighted by Gasteiger charge is -2.35. The molecule has 0 radical (unpaired) electrons. The number of halogens is 1. The molecule has 7 heteroatoms. The third kappa shape index (κ3) is 4.01. The predicted octanol–water partition coefficient (Wildman–Crippen LogP) is 6.40.